The van der Waals surface area contributed by atoms with Crippen molar-refractivity contribution in [2.75, 3.05) is 13.2 Å². The van der Waals surface area contributed by atoms with Crippen LogP contribution in [0.1, 0.15) is 46.0 Å². The summed E-state index contributed by atoms with van der Waals surface area (Å²) >= 11 is 0. The average Bonchev–Trinajstić information content (AvgIpc) is 2.70. The Hall–Kier alpha value is -0.520. The van der Waals surface area contributed by atoms with Gasteiger partial charge < -0.3 is 10.1 Å². The Morgan fingerprint density at radius 1 is 1.56 bits per heavy atom. The van der Waals surface area contributed by atoms with Crippen LogP contribution in [0.4, 0.5) is 0 Å². The molecule has 3 atom stereocenters. The molecule has 2 nitrogen and oxygen atoms in total. The van der Waals surface area contributed by atoms with Crippen LogP contribution in [0.5, 0.6) is 0 Å². The number of ether oxygens (including phenoxy) is 1. The molecule has 0 aliphatic carbocycles. The zero-order valence-corrected chi connectivity index (χ0v) is 10.7. The zero-order chi connectivity index (χ0) is 11.8. The van der Waals surface area contributed by atoms with Gasteiger partial charge in [-0.25, -0.2) is 0 Å². The summed E-state index contributed by atoms with van der Waals surface area (Å²) in [5, 5.41) is 3.64. The zero-order valence-electron chi connectivity index (χ0n) is 10.7. The number of hydrogen-bond donors (Lipinski definition) is 1. The molecule has 1 aliphatic rings. The van der Waals surface area contributed by atoms with Crippen LogP contribution >= 0.6 is 0 Å². The molecule has 1 fully saturated rings. The quantitative estimate of drug-likeness (QED) is 0.529. The minimum atomic E-state index is 0.434. The molecule has 1 N–H and O–H groups in total. The van der Waals surface area contributed by atoms with Crippen molar-refractivity contribution in [1.82, 2.24) is 5.32 Å². The third-order valence-electron chi connectivity index (χ3n) is 3.29. The first-order chi connectivity index (χ1) is 7.77. The van der Waals surface area contributed by atoms with Crippen LogP contribution in [-0.4, -0.2) is 25.3 Å². The van der Waals surface area contributed by atoms with Gasteiger partial charge in [0, 0.05) is 18.4 Å². The molecule has 2 heteroatoms. The van der Waals surface area contributed by atoms with Gasteiger partial charge in [-0.05, 0) is 39.2 Å². The summed E-state index contributed by atoms with van der Waals surface area (Å²) in [6.45, 7) is 6.39. The van der Waals surface area contributed by atoms with E-state index in [4.69, 9.17) is 11.2 Å². The third-order valence-corrected chi connectivity index (χ3v) is 3.29. The van der Waals surface area contributed by atoms with Gasteiger partial charge in [-0.3, -0.25) is 0 Å². The first-order valence-electron chi connectivity index (χ1n) is 6.56. The highest BCUT2D eigenvalue weighted by molar-refractivity contribution is 4.86. The minimum Gasteiger partial charge on any atom is -0.378 e. The Morgan fingerprint density at radius 2 is 2.38 bits per heavy atom. The van der Waals surface area contributed by atoms with Crippen molar-refractivity contribution in [3.63, 3.8) is 0 Å². The molecular weight excluding hydrogens is 198 g/mol. The van der Waals surface area contributed by atoms with E-state index >= 15 is 0 Å². The molecule has 0 aromatic rings. The van der Waals surface area contributed by atoms with E-state index < -0.39 is 0 Å². The van der Waals surface area contributed by atoms with Gasteiger partial charge in [-0.2, -0.15) is 0 Å². The molecule has 1 heterocycles. The normalized spacial score (nSPS) is 26.6. The Labute approximate surface area is 100 Å². The number of unbranched alkanes of at least 4 members (excludes halogenated alkanes) is 1. The van der Waals surface area contributed by atoms with Gasteiger partial charge in [0.05, 0.1) is 12.7 Å². The number of rotatable bonds is 7. The highest BCUT2D eigenvalue weighted by atomic mass is 16.5. The van der Waals surface area contributed by atoms with Crippen LogP contribution in [0.2, 0.25) is 0 Å². The van der Waals surface area contributed by atoms with Crippen molar-refractivity contribution in [2.45, 2.75) is 58.1 Å². The third kappa shape index (κ3) is 4.55. The molecule has 3 unspecified atom stereocenters. The summed E-state index contributed by atoms with van der Waals surface area (Å²) in [5.74, 6) is 3.40. The molecule has 1 saturated heterocycles. The molecule has 0 aromatic heterocycles. The largest absolute Gasteiger partial charge is 0.378 e. The maximum absolute atomic E-state index is 5.65. The van der Waals surface area contributed by atoms with E-state index in [-0.39, 0.29) is 0 Å². The van der Waals surface area contributed by atoms with Crippen molar-refractivity contribution in [2.24, 2.45) is 5.92 Å². The Kier molecular flexibility index (Phi) is 6.52. The Balaban J connectivity index is 2.33. The van der Waals surface area contributed by atoms with E-state index in [0.717, 1.165) is 26.0 Å². The summed E-state index contributed by atoms with van der Waals surface area (Å²) in [6.07, 6.45) is 11.3. The molecule has 16 heavy (non-hydrogen) atoms. The first-order valence-corrected chi connectivity index (χ1v) is 6.56. The van der Waals surface area contributed by atoms with Crippen molar-refractivity contribution in [1.29, 1.82) is 0 Å². The van der Waals surface area contributed by atoms with Gasteiger partial charge in [0.2, 0.25) is 0 Å². The van der Waals surface area contributed by atoms with E-state index in [2.05, 4.69) is 25.1 Å². The van der Waals surface area contributed by atoms with Crippen LogP contribution in [-0.2, 0) is 4.74 Å². The van der Waals surface area contributed by atoms with E-state index in [1.165, 1.54) is 19.3 Å². The fourth-order valence-electron chi connectivity index (χ4n) is 2.39. The van der Waals surface area contributed by atoms with E-state index in [0.29, 0.717) is 18.1 Å². The summed E-state index contributed by atoms with van der Waals surface area (Å²) in [7, 11) is 0. The lowest BCUT2D eigenvalue weighted by Gasteiger charge is -2.23. The van der Waals surface area contributed by atoms with Gasteiger partial charge in [0.15, 0.2) is 0 Å². The highest BCUT2D eigenvalue weighted by Crippen LogP contribution is 2.24. The topological polar surface area (TPSA) is 21.3 Å². The van der Waals surface area contributed by atoms with Crippen LogP contribution in [0.25, 0.3) is 0 Å². The van der Waals surface area contributed by atoms with Crippen LogP contribution < -0.4 is 5.32 Å². The standard InChI is InChI=1S/C14H25NO/c1-4-6-7-8-14(15-9-5-2)13-10-12(3)16-11-13/h1,12-15H,5-11H2,2-3H3. The molecule has 0 radical (unpaired) electrons. The molecule has 0 amide bonds. The summed E-state index contributed by atoms with van der Waals surface area (Å²) in [6, 6.07) is 0.596. The Morgan fingerprint density at radius 3 is 2.94 bits per heavy atom. The van der Waals surface area contributed by atoms with Crippen LogP contribution in [0, 0.1) is 18.3 Å². The Bertz CT molecular complexity index is 221. The molecule has 0 aromatic carbocycles. The molecule has 1 aliphatic heterocycles. The predicted octanol–water partition coefficient (Wildman–Crippen LogP) is 2.58. The second kappa shape index (κ2) is 7.70. The van der Waals surface area contributed by atoms with Gasteiger partial charge in [-0.15, -0.1) is 12.3 Å². The van der Waals surface area contributed by atoms with E-state index in [1.54, 1.807) is 0 Å². The van der Waals surface area contributed by atoms with Gasteiger partial charge in [0.25, 0.3) is 0 Å². The SMILES string of the molecule is C#CCCCC(NCCC)C1COC(C)C1. The summed E-state index contributed by atoms with van der Waals surface area (Å²) in [4.78, 5) is 0. The monoisotopic (exact) mass is 223 g/mol. The molecule has 0 saturated carbocycles. The van der Waals surface area contributed by atoms with Crippen molar-refractivity contribution in [3.05, 3.63) is 0 Å². The predicted molar refractivity (Wildman–Crippen MR) is 68.3 cm³/mol. The summed E-state index contributed by atoms with van der Waals surface area (Å²) in [5.41, 5.74) is 0. The van der Waals surface area contributed by atoms with Gasteiger partial charge in [-0.1, -0.05) is 6.92 Å². The smallest absolute Gasteiger partial charge is 0.0551 e. The second-order valence-corrected chi connectivity index (χ2v) is 4.80. The minimum absolute atomic E-state index is 0.434. The van der Waals surface area contributed by atoms with E-state index in [1.807, 2.05) is 0 Å². The number of terminal acetylenes is 1. The van der Waals surface area contributed by atoms with Crippen molar-refractivity contribution in [3.8, 4) is 12.3 Å². The maximum Gasteiger partial charge on any atom is 0.0551 e. The fraction of sp³-hybridized carbons (Fsp3) is 0.857. The van der Waals surface area contributed by atoms with E-state index in [9.17, 15) is 0 Å². The van der Waals surface area contributed by atoms with Crippen molar-refractivity contribution >= 4 is 0 Å². The average molecular weight is 223 g/mol. The lowest BCUT2D eigenvalue weighted by Crippen LogP contribution is -2.37. The molecular formula is C14H25NO. The van der Waals surface area contributed by atoms with Crippen LogP contribution in [0.15, 0.2) is 0 Å². The molecule has 0 bridgehead atoms. The summed E-state index contributed by atoms with van der Waals surface area (Å²) < 4.78 is 5.65. The van der Waals surface area contributed by atoms with Crippen molar-refractivity contribution < 1.29 is 4.74 Å². The fourth-order valence-corrected chi connectivity index (χ4v) is 2.39. The molecule has 1 rings (SSSR count). The number of hydrogen-bond acceptors (Lipinski definition) is 2. The molecule has 92 valence electrons. The second-order valence-electron chi connectivity index (χ2n) is 4.80. The molecule has 0 spiro atoms. The lowest BCUT2D eigenvalue weighted by atomic mass is 9.92. The van der Waals surface area contributed by atoms with Gasteiger partial charge in [0.1, 0.15) is 0 Å². The maximum atomic E-state index is 5.65. The van der Waals surface area contributed by atoms with Gasteiger partial charge >= 0.3 is 0 Å². The highest BCUT2D eigenvalue weighted by Gasteiger charge is 2.28. The first kappa shape index (κ1) is 13.5. The number of nitrogens with one attached hydrogen (secondary N) is 1. The van der Waals surface area contributed by atoms with Crippen LogP contribution in [0.3, 0.4) is 0 Å². The lowest BCUT2D eigenvalue weighted by molar-refractivity contribution is 0.116.